The van der Waals surface area contributed by atoms with E-state index in [9.17, 15) is 9.59 Å². The number of carbonyl (C=O) groups is 2. The van der Waals surface area contributed by atoms with Crippen molar-refractivity contribution in [1.82, 2.24) is 0 Å². The van der Waals surface area contributed by atoms with Crippen LogP contribution in [0.5, 0.6) is 0 Å². The van der Waals surface area contributed by atoms with Gasteiger partial charge in [0.15, 0.2) is 0 Å². The fourth-order valence-corrected chi connectivity index (χ4v) is 1.78. The van der Waals surface area contributed by atoms with Crippen LogP contribution in [0.1, 0.15) is 27.2 Å². The smallest absolute Gasteiger partial charge is 0.302 e. The molecule has 0 radical (unpaired) electrons. The number of hydrogen-bond donors (Lipinski definition) is 0. The van der Waals surface area contributed by atoms with E-state index in [2.05, 4.69) is 0 Å². The van der Waals surface area contributed by atoms with E-state index in [0.717, 1.165) is 11.5 Å². The number of rotatable bonds is 6. The zero-order valence-electron chi connectivity index (χ0n) is 8.33. The lowest BCUT2D eigenvalue weighted by Gasteiger charge is -2.10. The summed E-state index contributed by atoms with van der Waals surface area (Å²) in [4.78, 5) is 21.1. The first kappa shape index (κ1) is 12.5. The van der Waals surface area contributed by atoms with Crippen molar-refractivity contribution in [2.24, 2.45) is 0 Å². The second-order valence-corrected chi connectivity index (χ2v) is 4.10. The average Bonchev–Trinajstić information content (AvgIpc) is 1.96. The van der Waals surface area contributed by atoms with Crippen LogP contribution in [0, 0.1) is 0 Å². The van der Waals surface area contributed by atoms with Crippen molar-refractivity contribution in [2.45, 2.75) is 33.3 Å². The molecule has 0 rings (SSSR count). The number of Topliss-reactive ketones (excluding diaryl/α,β-unsaturated/α-hetero) is 1. The summed E-state index contributed by atoms with van der Waals surface area (Å²) >= 11 is 1.63. The molecule has 13 heavy (non-hydrogen) atoms. The molecular weight excluding hydrogens is 188 g/mol. The van der Waals surface area contributed by atoms with Crippen molar-refractivity contribution in [3.63, 3.8) is 0 Å². The molecule has 0 aliphatic rings. The maximum Gasteiger partial charge on any atom is 0.302 e. The Bertz CT molecular complexity index is 180. The lowest BCUT2D eigenvalue weighted by atomic mass is 10.4. The number of esters is 1. The highest BCUT2D eigenvalue weighted by molar-refractivity contribution is 7.99. The second kappa shape index (κ2) is 6.95. The Morgan fingerprint density at radius 3 is 2.46 bits per heavy atom. The predicted octanol–water partition coefficient (Wildman–Crippen LogP) is 1.65. The van der Waals surface area contributed by atoms with Gasteiger partial charge in [-0.1, -0.05) is 0 Å². The first-order chi connectivity index (χ1) is 6.02. The van der Waals surface area contributed by atoms with E-state index in [1.54, 1.807) is 18.7 Å². The minimum absolute atomic E-state index is 0.0607. The third-order valence-corrected chi connectivity index (χ3v) is 2.52. The van der Waals surface area contributed by atoms with Crippen LogP contribution in [-0.4, -0.2) is 29.4 Å². The van der Waals surface area contributed by atoms with Crippen LogP contribution in [-0.2, 0) is 14.3 Å². The molecule has 3 nitrogen and oxygen atoms in total. The summed E-state index contributed by atoms with van der Waals surface area (Å²) in [5.41, 5.74) is 0. The van der Waals surface area contributed by atoms with E-state index >= 15 is 0 Å². The standard InChI is InChI=1S/C9H16O3S/c1-7(10)4-5-13-6-8(2)12-9(3)11/h8H,4-6H2,1-3H3. The number of carbonyl (C=O) groups excluding carboxylic acids is 2. The van der Waals surface area contributed by atoms with Crippen molar-refractivity contribution in [3.8, 4) is 0 Å². The van der Waals surface area contributed by atoms with Crippen LogP contribution in [0.25, 0.3) is 0 Å². The van der Waals surface area contributed by atoms with E-state index in [0.29, 0.717) is 6.42 Å². The molecule has 0 aliphatic carbocycles. The van der Waals surface area contributed by atoms with Gasteiger partial charge < -0.3 is 4.74 Å². The molecule has 0 aromatic carbocycles. The van der Waals surface area contributed by atoms with Crippen molar-refractivity contribution in [3.05, 3.63) is 0 Å². The molecule has 1 unspecified atom stereocenters. The van der Waals surface area contributed by atoms with E-state index in [1.165, 1.54) is 6.92 Å². The van der Waals surface area contributed by atoms with Gasteiger partial charge in [0.1, 0.15) is 11.9 Å². The van der Waals surface area contributed by atoms with Crippen LogP contribution in [0.2, 0.25) is 0 Å². The number of ether oxygens (including phenoxy) is 1. The van der Waals surface area contributed by atoms with Gasteiger partial charge in [-0.3, -0.25) is 9.59 Å². The molecule has 0 bridgehead atoms. The predicted molar refractivity (Wildman–Crippen MR) is 53.9 cm³/mol. The van der Waals surface area contributed by atoms with Gasteiger partial charge in [-0.2, -0.15) is 11.8 Å². The Kier molecular flexibility index (Phi) is 6.68. The highest BCUT2D eigenvalue weighted by Gasteiger charge is 2.04. The SMILES string of the molecule is CC(=O)CCSCC(C)OC(C)=O. The van der Waals surface area contributed by atoms with Crippen molar-refractivity contribution in [2.75, 3.05) is 11.5 Å². The van der Waals surface area contributed by atoms with Gasteiger partial charge in [-0.15, -0.1) is 0 Å². The molecule has 0 amide bonds. The number of hydrogen-bond acceptors (Lipinski definition) is 4. The largest absolute Gasteiger partial charge is 0.462 e. The highest BCUT2D eigenvalue weighted by atomic mass is 32.2. The van der Waals surface area contributed by atoms with Gasteiger partial charge in [0.05, 0.1) is 0 Å². The molecule has 0 aromatic heterocycles. The Morgan fingerprint density at radius 1 is 1.38 bits per heavy atom. The number of ketones is 1. The van der Waals surface area contributed by atoms with Crippen molar-refractivity contribution >= 4 is 23.5 Å². The molecule has 0 aromatic rings. The number of thioether (sulfide) groups is 1. The maximum atomic E-state index is 10.6. The summed E-state index contributed by atoms with van der Waals surface area (Å²) in [5.74, 6) is 1.51. The van der Waals surface area contributed by atoms with Gasteiger partial charge in [0, 0.05) is 24.9 Å². The van der Waals surface area contributed by atoms with Crippen LogP contribution in [0.3, 0.4) is 0 Å². The Labute approximate surface area is 83.2 Å². The van der Waals surface area contributed by atoms with E-state index < -0.39 is 0 Å². The molecule has 1 atom stereocenters. The van der Waals surface area contributed by atoms with E-state index in [4.69, 9.17) is 4.74 Å². The van der Waals surface area contributed by atoms with Crippen LogP contribution < -0.4 is 0 Å². The molecule has 4 heteroatoms. The molecule has 0 fully saturated rings. The fourth-order valence-electron chi connectivity index (χ4n) is 0.783. The van der Waals surface area contributed by atoms with Crippen LogP contribution in [0.15, 0.2) is 0 Å². The minimum Gasteiger partial charge on any atom is -0.462 e. The van der Waals surface area contributed by atoms with Crippen LogP contribution in [0.4, 0.5) is 0 Å². The summed E-state index contributed by atoms with van der Waals surface area (Å²) in [7, 11) is 0. The average molecular weight is 204 g/mol. The monoisotopic (exact) mass is 204 g/mol. The minimum atomic E-state index is -0.250. The zero-order valence-corrected chi connectivity index (χ0v) is 9.15. The Morgan fingerprint density at radius 2 is 2.00 bits per heavy atom. The lowest BCUT2D eigenvalue weighted by Crippen LogP contribution is -2.15. The molecule has 0 saturated heterocycles. The van der Waals surface area contributed by atoms with E-state index in [-0.39, 0.29) is 17.9 Å². The van der Waals surface area contributed by atoms with Crippen LogP contribution >= 0.6 is 11.8 Å². The van der Waals surface area contributed by atoms with Crippen molar-refractivity contribution < 1.29 is 14.3 Å². The summed E-state index contributed by atoms with van der Waals surface area (Å²) < 4.78 is 4.91. The molecule has 76 valence electrons. The zero-order chi connectivity index (χ0) is 10.3. The van der Waals surface area contributed by atoms with Gasteiger partial charge in [0.2, 0.25) is 0 Å². The first-order valence-electron chi connectivity index (χ1n) is 4.26. The molecule has 0 N–H and O–H groups in total. The quantitative estimate of drug-likeness (QED) is 0.487. The normalized spacial score (nSPS) is 12.2. The summed E-state index contributed by atoms with van der Waals surface area (Å²) in [6.07, 6.45) is 0.534. The lowest BCUT2D eigenvalue weighted by molar-refractivity contribution is -0.144. The maximum absolute atomic E-state index is 10.6. The topological polar surface area (TPSA) is 43.4 Å². The molecule has 0 heterocycles. The van der Waals surface area contributed by atoms with Gasteiger partial charge in [-0.25, -0.2) is 0 Å². The third kappa shape index (κ3) is 9.40. The van der Waals surface area contributed by atoms with Crippen molar-refractivity contribution in [1.29, 1.82) is 0 Å². The summed E-state index contributed by atoms with van der Waals surface area (Å²) in [6.45, 7) is 4.83. The first-order valence-corrected chi connectivity index (χ1v) is 5.42. The second-order valence-electron chi connectivity index (χ2n) is 2.95. The summed E-state index contributed by atoms with van der Waals surface area (Å²) in [6, 6.07) is 0. The summed E-state index contributed by atoms with van der Waals surface area (Å²) in [5, 5.41) is 0. The van der Waals surface area contributed by atoms with Gasteiger partial charge in [0.25, 0.3) is 0 Å². The van der Waals surface area contributed by atoms with Gasteiger partial charge >= 0.3 is 5.97 Å². The highest BCUT2D eigenvalue weighted by Crippen LogP contribution is 2.07. The molecule has 0 saturated carbocycles. The molecular formula is C9H16O3S. The van der Waals surface area contributed by atoms with Gasteiger partial charge in [-0.05, 0) is 13.8 Å². The Hall–Kier alpha value is -0.510. The third-order valence-electron chi connectivity index (χ3n) is 1.32. The molecule has 0 aliphatic heterocycles. The van der Waals surface area contributed by atoms with E-state index in [1.807, 2.05) is 6.92 Å². The Balaban J connectivity index is 3.31. The molecule has 0 spiro atoms. The fraction of sp³-hybridized carbons (Fsp3) is 0.778.